The number of carboxylic acids is 1. The van der Waals surface area contributed by atoms with Gasteiger partial charge in [-0.2, -0.15) is 0 Å². The number of carbonyl (C=O) groups is 3. The van der Waals surface area contributed by atoms with Crippen molar-refractivity contribution in [1.29, 1.82) is 0 Å². The average molecular weight is 369 g/mol. The molecule has 0 saturated carbocycles. The standard InChI is InChI=1S/C21H20FNO4/c1-14(2)23(19(21(26)27)8-5-13-24)18-7-4-3-6-17(18)20(25)15-9-11-16(22)12-10-15/h3-14,19H,1-2H3,(H,26,27)/b8-5+. The molecule has 1 unspecified atom stereocenters. The smallest absolute Gasteiger partial charge is 0.330 e. The molecule has 0 spiro atoms. The van der Waals surface area contributed by atoms with Gasteiger partial charge in [-0.3, -0.25) is 9.59 Å². The van der Waals surface area contributed by atoms with E-state index in [0.29, 0.717) is 23.1 Å². The second-order valence-electron chi connectivity index (χ2n) is 6.16. The maximum absolute atomic E-state index is 13.2. The second kappa shape index (κ2) is 8.89. The van der Waals surface area contributed by atoms with Crippen LogP contribution in [0.1, 0.15) is 29.8 Å². The number of hydrogen-bond acceptors (Lipinski definition) is 4. The molecule has 0 aliphatic heterocycles. The molecule has 2 aromatic carbocycles. The summed E-state index contributed by atoms with van der Waals surface area (Å²) in [7, 11) is 0. The molecule has 0 radical (unpaired) electrons. The SMILES string of the molecule is CC(C)N(c1ccccc1C(=O)c1ccc(F)cc1)C(/C=C/C=O)C(=O)O. The van der Waals surface area contributed by atoms with Crippen molar-refractivity contribution in [2.45, 2.75) is 25.9 Å². The molecule has 0 saturated heterocycles. The fraction of sp³-hybridized carbons (Fsp3) is 0.190. The van der Waals surface area contributed by atoms with E-state index >= 15 is 0 Å². The third-order valence-electron chi connectivity index (χ3n) is 4.01. The van der Waals surface area contributed by atoms with Crippen LogP contribution in [0.5, 0.6) is 0 Å². The van der Waals surface area contributed by atoms with Crippen LogP contribution < -0.4 is 4.90 Å². The van der Waals surface area contributed by atoms with Gasteiger partial charge in [-0.1, -0.05) is 12.1 Å². The molecule has 5 nitrogen and oxygen atoms in total. The van der Waals surface area contributed by atoms with Crippen molar-refractivity contribution < 1.29 is 23.9 Å². The number of rotatable bonds is 8. The van der Waals surface area contributed by atoms with Crippen LogP contribution in [0.15, 0.2) is 60.7 Å². The van der Waals surface area contributed by atoms with Gasteiger partial charge in [0.2, 0.25) is 0 Å². The first-order chi connectivity index (χ1) is 12.9. The molecule has 27 heavy (non-hydrogen) atoms. The fourth-order valence-corrected chi connectivity index (χ4v) is 2.84. The number of nitrogens with zero attached hydrogens (tertiary/aromatic N) is 1. The maximum atomic E-state index is 13.2. The zero-order valence-corrected chi connectivity index (χ0v) is 15.0. The van der Waals surface area contributed by atoms with Gasteiger partial charge in [0.15, 0.2) is 5.78 Å². The van der Waals surface area contributed by atoms with Crippen molar-refractivity contribution in [3.8, 4) is 0 Å². The van der Waals surface area contributed by atoms with Crippen molar-refractivity contribution in [3.63, 3.8) is 0 Å². The maximum Gasteiger partial charge on any atom is 0.330 e. The third-order valence-corrected chi connectivity index (χ3v) is 4.01. The number of carboxylic acid groups (broad SMARTS) is 1. The van der Waals surface area contributed by atoms with E-state index < -0.39 is 17.8 Å². The Labute approximate surface area is 156 Å². The molecule has 6 heteroatoms. The summed E-state index contributed by atoms with van der Waals surface area (Å²) < 4.78 is 13.2. The number of aldehydes is 1. The van der Waals surface area contributed by atoms with Crippen LogP contribution in [-0.2, 0) is 9.59 Å². The van der Waals surface area contributed by atoms with Crippen molar-refractivity contribution in [3.05, 3.63) is 77.6 Å². The number of hydrogen-bond donors (Lipinski definition) is 1. The van der Waals surface area contributed by atoms with Crippen LogP contribution in [0.3, 0.4) is 0 Å². The Balaban J connectivity index is 2.56. The van der Waals surface area contributed by atoms with Crippen molar-refractivity contribution >= 4 is 23.7 Å². The minimum absolute atomic E-state index is 0.274. The predicted octanol–water partition coefficient (Wildman–Crippen LogP) is 3.48. The highest BCUT2D eigenvalue weighted by Gasteiger charge is 2.29. The molecule has 1 N–H and O–H groups in total. The van der Waals surface area contributed by atoms with E-state index in [0.717, 1.165) is 6.08 Å². The fourth-order valence-electron chi connectivity index (χ4n) is 2.84. The minimum atomic E-state index is -1.15. The summed E-state index contributed by atoms with van der Waals surface area (Å²) in [6.45, 7) is 3.59. The van der Waals surface area contributed by atoms with Crippen molar-refractivity contribution in [1.82, 2.24) is 0 Å². The highest BCUT2D eigenvalue weighted by Crippen LogP contribution is 2.28. The van der Waals surface area contributed by atoms with Gasteiger partial charge in [-0.25, -0.2) is 9.18 Å². The van der Waals surface area contributed by atoms with E-state index in [1.165, 1.54) is 30.3 Å². The predicted molar refractivity (Wildman–Crippen MR) is 101 cm³/mol. The van der Waals surface area contributed by atoms with Crippen LogP contribution in [-0.4, -0.2) is 35.2 Å². The topological polar surface area (TPSA) is 74.7 Å². The van der Waals surface area contributed by atoms with Crippen molar-refractivity contribution in [2.24, 2.45) is 0 Å². The van der Waals surface area contributed by atoms with Crippen LogP contribution in [0.2, 0.25) is 0 Å². The summed E-state index contributed by atoms with van der Waals surface area (Å²) in [5.41, 5.74) is 1.01. The van der Waals surface area contributed by atoms with E-state index in [4.69, 9.17) is 0 Å². The molecule has 0 aliphatic rings. The van der Waals surface area contributed by atoms with Gasteiger partial charge in [-0.15, -0.1) is 0 Å². The number of allylic oxidation sites excluding steroid dienone is 1. The number of carbonyl (C=O) groups excluding carboxylic acids is 2. The van der Waals surface area contributed by atoms with Gasteiger partial charge in [0.25, 0.3) is 0 Å². The van der Waals surface area contributed by atoms with Gasteiger partial charge in [0, 0.05) is 22.9 Å². The lowest BCUT2D eigenvalue weighted by Gasteiger charge is -2.34. The molecule has 2 aromatic rings. The van der Waals surface area contributed by atoms with Gasteiger partial charge >= 0.3 is 5.97 Å². The summed E-state index contributed by atoms with van der Waals surface area (Å²) in [5.74, 6) is -1.95. The van der Waals surface area contributed by atoms with E-state index in [1.54, 1.807) is 43.0 Å². The molecule has 0 aromatic heterocycles. The van der Waals surface area contributed by atoms with Gasteiger partial charge < -0.3 is 10.0 Å². The van der Waals surface area contributed by atoms with Crippen LogP contribution in [0.25, 0.3) is 0 Å². The lowest BCUT2D eigenvalue weighted by Crippen LogP contribution is -2.45. The minimum Gasteiger partial charge on any atom is -0.479 e. The normalized spacial score (nSPS) is 12.1. The lowest BCUT2D eigenvalue weighted by atomic mass is 9.99. The van der Waals surface area contributed by atoms with Crippen LogP contribution in [0, 0.1) is 5.82 Å². The van der Waals surface area contributed by atoms with E-state index in [2.05, 4.69) is 0 Å². The number of aliphatic carboxylic acids is 1. The monoisotopic (exact) mass is 369 g/mol. The highest BCUT2D eigenvalue weighted by molar-refractivity contribution is 6.12. The van der Waals surface area contributed by atoms with Crippen molar-refractivity contribution in [2.75, 3.05) is 4.90 Å². The summed E-state index contributed by atoms with van der Waals surface area (Å²) in [6, 6.07) is 10.4. The zero-order chi connectivity index (χ0) is 20.0. The Kier molecular flexibility index (Phi) is 6.60. The van der Waals surface area contributed by atoms with Gasteiger partial charge in [0.1, 0.15) is 18.1 Å². The lowest BCUT2D eigenvalue weighted by molar-refractivity contribution is -0.137. The van der Waals surface area contributed by atoms with Crippen LogP contribution in [0.4, 0.5) is 10.1 Å². The summed E-state index contributed by atoms with van der Waals surface area (Å²) >= 11 is 0. The molecular formula is C21H20FNO4. The number of ketones is 1. The quantitative estimate of drug-likeness (QED) is 0.438. The first-order valence-corrected chi connectivity index (χ1v) is 8.39. The largest absolute Gasteiger partial charge is 0.479 e. The molecule has 0 bridgehead atoms. The summed E-state index contributed by atoms with van der Waals surface area (Å²) in [4.78, 5) is 36.9. The van der Waals surface area contributed by atoms with Crippen LogP contribution >= 0.6 is 0 Å². The number of halogens is 1. The Bertz CT molecular complexity index is 859. The van der Waals surface area contributed by atoms with E-state index in [1.807, 2.05) is 0 Å². The molecular weight excluding hydrogens is 349 g/mol. The van der Waals surface area contributed by atoms with Gasteiger partial charge in [0.05, 0.1) is 0 Å². The Morgan fingerprint density at radius 2 is 1.70 bits per heavy atom. The first-order valence-electron chi connectivity index (χ1n) is 8.39. The Morgan fingerprint density at radius 3 is 2.26 bits per heavy atom. The first kappa shape index (κ1) is 20.0. The number of anilines is 1. The van der Waals surface area contributed by atoms with E-state index in [-0.39, 0.29) is 11.8 Å². The molecule has 140 valence electrons. The number of benzene rings is 2. The Hall–Kier alpha value is -3.28. The molecule has 0 amide bonds. The average Bonchev–Trinajstić information content (AvgIpc) is 2.64. The summed E-state index contributed by atoms with van der Waals surface area (Å²) in [5, 5.41) is 9.62. The molecule has 0 aliphatic carbocycles. The molecule has 0 heterocycles. The molecule has 2 rings (SSSR count). The van der Waals surface area contributed by atoms with Gasteiger partial charge in [-0.05, 0) is 62.4 Å². The second-order valence-corrected chi connectivity index (χ2v) is 6.16. The highest BCUT2D eigenvalue weighted by atomic mass is 19.1. The Morgan fingerprint density at radius 1 is 1.07 bits per heavy atom. The van der Waals surface area contributed by atoms with E-state index in [9.17, 15) is 23.9 Å². The zero-order valence-electron chi connectivity index (χ0n) is 15.0. The summed E-state index contributed by atoms with van der Waals surface area (Å²) in [6.07, 6.45) is 2.90. The molecule has 1 atom stereocenters. The number of para-hydroxylation sites is 1. The molecule has 0 fully saturated rings. The third kappa shape index (κ3) is 4.67.